The molecular weight excluding hydrogens is 420 g/mol. The molecule has 1 aromatic heterocycles. The minimum absolute atomic E-state index is 0.0973. The van der Waals surface area contributed by atoms with E-state index in [1.54, 1.807) is 7.11 Å². The average molecular weight is 449 g/mol. The minimum Gasteiger partial charge on any atom is -0.497 e. The summed E-state index contributed by atoms with van der Waals surface area (Å²) in [6.07, 6.45) is 0. The van der Waals surface area contributed by atoms with E-state index < -0.39 is 0 Å². The van der Waals surface area contributed by atoms with Crippen LogP contribution in [0.5, 0.6) is 5.75 Å². The number of carbonyl (C=O) groups excluding carboxylic acids is 1. The van der Waals surface area contributed by atoms with E-state index in [1.165, 1.54) is 21.9 Å². The van der Waals surface area contributed by atoms with Crippen molar-refractivity contribution in [2.75, 3.05) is 13.7 Å². The van der Waals surface area contributed by atoms with Gasteiger partial charge in [0, 0.05) is 34.9 Å². The fourth-order valence-corrected chi connectivity index (χ4v) is 4.64. The molecule has 4 aromatic carbocycles. The molecule has 0 aliphatic rings. The van der Waals surface area contributed by atoms with Gasteiger partial charge in [-0.1, -0.05) is 66.7 Å². The molecule has 34 heavy (non-hydrogen) atoms. The van der Waals surface area contributed by atoms with Gasteiger partial charge in [-0.3, -0.25) is 4.79 Å². The standard InChI is InChI=1S/C30H28N2O2/c1-3-31(20-22-10-9-13-25(18-22)34-2)30(33)21-32-28-15-8-7-14-26(28)27-19-24(16-17-29(27)32)23-11-5-4-6-12-23/h4-19H,3,20-21H2,1-2H3. The Balaban J connectivity index is 1.50. The van der Waals surface area contributed by atoms with Crippen LogP contribution in [0.25, 0.3) is 32.9 Å². The second-order valence-corrected chi connectivity index (χ2v) is 8.46. The molecule has 5 aromatic rings. The molecule has 0 saturated carbocycles. The van der Waals surface area contributed by atoms with Crippen molar-refractivity contribution in [3.8, 4) is 16.9 Å². The molecule has 4 nitrogen and oxygen atoms in total. The molecule has 1 amide bonds. The highest BCUT2D eigenvalue weighted by molar-refractivity contribution is 6.09. The molecule has 0 unspecified atom stereocenters. The second-order valence-electron chi connectivity index (χ2n) is 8.46. The lowest BCUT2D eigenvalue weighted by Crippen LogP contribution is -2.33. The molecule has 0 aliphatic carbocycles. The fourth-order valence-electron chi connectivity index (χ4n) is 4.64. The number of para-hydroxylation sites is 1. The van der Waals surface area contributed by atoms with Crippen LogP contribution < -0.4 is 4.74 Å². The summed E-state index contributed by atoms with van der Waals surface area (Å²) in [5, 5.41) is 2.33. The molecule has 170 valence electrons. The number of benzene rings is 4. The summed E-state index contributed by atoms with van der Waals surface area (Å²) in [6.45, 7) is 3.52. The number of carbonyl (C=O) groups is 1. The third-order valence-electron chi connectivity index (χ3n) is 6.41. The fraction of sp³-hybridized carbons (Fsp3) is 0.167. The van der Waals surface area contributed by atoms with Gasteiger partial charge in [-0.05, 0) is 53.9 Å². The third kappa shape index (κ3) is 4.15. The summed E-state index contributed by atoms with van der Waals surface area (Å²) in [4.78, 5) is 15.3. The van der Waals surface area contributed by atoms with E-state index in [0.29, 0.717) is 19.6 Å². The number of hydrogen-bond acceptors (Lipinski definition) is 2. The summed E-state index contributed by atoms with van der Waals surface area (Å²) < 4.78 is 7.49. The molecule has 0 spiro atoms. The third-order valence-corrected chi connectivity index (χ3v) is 6.41. The van der Waals surface area contributed by atoms with E-state index in [1.807, 2.05) is 48.2 Å². The molecule has 0 radical (unpaired) electrons. The zero-order valence-corrected chi connectivity index (χ0v) is 19.6. The van der Waals surface area contributed by atoms with Gasteiger partial charge in [-0.15, -0.1) is 0 Å². The monoisotopic (exact) mass is 448 g/mol. The van der Waals surface area contributed by atoms with Crippen molar-refractivity contribution in [3.05, 3.63) is 103 Å². The van der Waals surface area contributed by atoms with Crippen LogP contribution in [0.15, 0.2) is 97.1 Å². The van der Waals surface area contributed by atoms with Crippen LogP contribution in [0.1, 0.15) is 12.5 Å². The first kappa shape index (κ1) is 21.8. The quantitative estimate of drug-likeness (QED) is 0.284. The lowest BCUT2D eigenvalue weighted by Gasteiger charge is -2.22. The number of fused-ring (bicyclic) bond motifs is 3. The van der Waals surface area contributed by atoms with Crippen LogP contribution in [0.4, 0.5) is 0 Å². The van der Waals surface area contributed by atoms with Crippen molar-refractivity contribution in [2.45, 2.75) is 20.0 Å². The molecule has 4 heteroatoms. The van der Waals surface area contributed by atoms with Crippen molar-refractivity contribution in [2.24, 2.45) is 0 Å². The Kier molecular flexibility index (Phi) is 6.05. The number of likely N-dealkylation sites (N-methyl/N-ethyl adjacent to an activating group) is 1. The summed E-state index contributed by atoms with van der Waals surface area (Å²) in [7, 11) is 1.66. The highest BCUT2D eigenvalue weighted by Gasteiger charge is 2.18. The Morgan fingerprint density at radius 2 is 1.56 bits per heavy atom. The maximum Gasteiger partial charge on any atom is 0.242 e. The molecule has 0 bridgehead atoms. The van der Waals surface area contributed by atoms with Crippen molar-refractivity contribution < 1.29 is 9.53 Å². The Hall–Kier alpha value is -4.05. The van der Waals surface area contributed by atoms with Crippen LogP contribution in [0.3, 0.4) is 0 Å². The summed E-state index contributed by atoms with van der Waals surface area (Å²) in [5.74, 6) is 0.901. The molecule has 0 atom stereocenters. The maximum atomic E-state index is 13.5. The predicted molar refractivity (Wildman–Crippen MR) is 139 cm³/mol. The number of ether oxygens (including phenoxy) is 1. The Morgan fingerprint density at radius 3 is 2.35 bits per heavy atom. The molecule has 0 saturated heterocycles. The number of nitrogens with zero attached hydrogens (tertiary/aromatic N) is 2. The minimum atomic E-state index is 0.0973. The lowest BCUT2D eigenvalue weighted by atomic mass is 10.0. The SMILES string of the molecule is CCN(Cc1cccc(OC)c1)C(=O)Cn1c2ccccc2c2cc(-c3ccccc3)ccc21. The second kappa shape index (κ2) is 9.44. The van der Waals surface area contributed by atoms with E-state index in [4.69, 9.17) is 4.74 Å². The van der Waals surface area contributed by atoms with Crippen LogP contribution in [-0.2, 0) is 17.9 Å². The van der Waals surface area contributed by atoms with Crippen molar-refractivity contribution in [1.82, 2.24) is 9.47 Å². The summed E-state index contributed by atoms with van der Waals surface area (Å²) in [6, 6.07) is 33.2. The topological polar surface area (TPSA) is 34.5 Å². The number of aromatic nitrogens is 1. The number of hydrogen-bond donors (Lipinski definition) is 0. The molecule has 1 heterocycles. The first-order chi connectivity index (χ1) is 16.7. The Morgan fingerprint density at radius 1 is 0.794 bits per heavy atom. The largest absolute Gasteiger partial charge is 0.497 e. The van der Waals surface area contributed by atoms with E-state index in [0.717, 1.165) is 22.3 Å². The van der Waals surface area contributed by atoms with Crippen LogP contribution in [0.2, 0.25) is 0 Å². The first-order valence-electron chi connectivity index (χ1n) is 11.6. The van der Waals surface area contributed by atoms with E-state index in [2.05, 4.69) is 65.2 Å². The molecule has 0 N–H and O–H groups in total. The van der Waals surface area contributed by atoms with E-state index in [-0.39, 0.29) is 5.91 Å². The normalized spacial score (nSPS) is 11.1. The van der Waals surface area contributed by atoms with Gasteiger partial charge < -0.3 is 14.2 Å². The van der Waals surface area contributed by atoms with Gasteiger partial charge in [-0.2, -0.15) is 0 Å². The average Bonchev–Trinajstić information content (AvgIpc) is 3.20. The molecule has 5 rings (SSSR count). The highest BCUT2D eigenvalue weighted by atomic mass is 16.5. The van der Waals surface area contributed by atoms with E-state index in [9.17, 15) is 4.79 Å². The maximum absolute atomic E-state index is 13.5. The zero-order chi connectivity index (χ0) is 23.5. The van der Waals surface area contributed by atoms with E-state index >= 15 is 0 Å². The Labute approximate surface area is 200 Å². The molecule has 0 fully saturated rings. The lowest BCUT2D eigenvalue weighted by molar-refractivity contribution is -0.132. The Bertz CT molecular complexity index is 1450. The number of rotatable bonds is 7. The summed E-state index contributed by atoms with van der Waals surface area (Å²) in [5.41, 5.74) is 5.58. The number of methoxy groups -OCH3 is 1. The highest BCUT2D eigenvalue weighted by Crippen LogP contribution is 2.32. The summed E-state index contributed by atoms with van der Waals surface area (Å²) >= 11 is 0. The van der Waals surface area contributed by atoms with Gasteiger partial charge in [0.15, 0.2) is 0 Å². The van der Waals surface area contributed by atoms with Crippen LogP contribution in [0, 0.1) is 0 Å². The van der Waals surface area contributed by atoms with Gasteiger partial charge in [0.1, 0.15) is 12.3 Å². The number of amides is 1. The van der Waals surface area contributed by atoms with Gasteiger partial charge in [0.05, 0.1) is 7.11 Å². The van der Waals surface area contributed by atoms with Crippen LogP contribution in [-0.4, -0.2) is 29.0 Å². The zero-order valence-electron chi connectivity index (χ0n) is 19.6. The van der Waals surface area contributed by atoms with Gasteiger partial charge in [0.2, 0.25) is 5.91 Å². The molecule has 0 aliphatic heterocycles. The van der Waals surface area contributed by atoms with Gasteiger partial charge in [0.25, 0.3) is 0 Å². The predicted octanol–water partition coefficient (Wildman–Crippen LogP) is 6.52. The molecular formula is C30H28N2O2. The van der Waals surface area contributed by atoms with Crippen molar-refractivity contribution in [1.29, 1.82) is 0 Å². The first-order valence-corrected chi connectivity index (χ1v) is 11.6. The van der Waals surface area contributed by atoms with Crippen molar-refractivity contribution in [3.63, 3.8) is 0 Å². The van der Waals surface area contributed by atoms with Crippen LogP contribution >= 0.6 is 0 Å². The van der Waals surface area contributed by atoms with Gasteiger partial charge >= 0.3 is 0 Å². The van der Waals surface area contributed by atoms with Gasteiger partial charge in [-0.25, -0.2) is 0 Å². The van der Waals surface area contributed by atoms with Crippen molar-refractivity contribution >= 4 is 27.7 Å². The smallest absolute Gasteiger partial charge is 0.242 e.